The standard InChI is InChI=1S/C15H23N7O7S/c16-13-6-20(8-18-13)11-3-9(17-4-11)7-28-19-14(23)12-2-1-10-5-21(12)15(24)22(10)29-30(25,26)27/h6,8-12,17H,1-5,7,16H2,(H,19,23)(H,25,26,27)/t9-,10+,11-,12-/m0/s1. The Kier molecular flexibility index (Phi) is 5.54. The van der Waals surface area contributed by atoms with E-state index in [1.165, 1.54) is 4.90 Å². The van der Waals surface area contributed by atoms with E-state index >= 15 is 0 Å². The molecular weight excluding hydrogens is 422 g/mol. The fraction of sp³-hybridized carbons (Fsp3) is 0.667. The average molecular weight is 445 g/mol. The number of nitrogens with zero attached hydrogens (tertiary/aromatic N) is 4. The van der Waals surface area contributed by atoms with Crippen LogP contribution in [0, 0.1) is 0 Å². The number of fused-ring (bicyclic) bond motifs is 2. The fourth-order valence-corrected chi connectivity index (χ4v) is 4.48. The number of hydrogen-bond acceptors (Lipinski definition) is 9. The van der Waals surface area contributed by atoms with Gasteiger partial charge in [0, 0.05) is 31.4 Å². The van der Waals surface area contributed by atoms with Crippen LogP contribution in [0.3, 0.4) is 0 Å². The van der Waals surface area contributed by atoms with Crippen LogP contribution in [0.25, 0.3) is 0 Å². The highest BCUT2D eigenvalue weighted by molar-refractivity contribution is 7.80. The van der Waals surface area contributed by atoms with Gasteiger partial charge in [0.05, 0.1) is 19.0 Å². The van der Waals surface area contributed by atoms with Crippen molar-refractivity contribution in [3.8, 4) is 0 Å². The molecule has 2 bridgehead atoms. The van der Waals surface area contributed by atoms with Gasteiger partial charge in [0.1, 0.15) is 11.9 Å². The second-order valence-corrected chi connectivity index (χ2v) is 8.53. The molecule has 0 aromatic carbocycles. The summed E-state index contributed by atoms with van der Waals surface area (Å²) in [6.07, 6.45) is 4.85. The number of rotatable bonds is 7. The van der Waals surface area contributed by atoms with Crippen molar-refractivity contribution in [2.75, 3.05) is 25.4 Å². The van der Waals surface area contributed by atoms with Gasteiger partial charge in [0.2, 0.25) is 0 Å². The van der Waals surface area contributed by atoms with Gasteiger partial charge in [0.25, 0.3) is 5.91 Å². The maximum atomic E-state index is 12.5. The summed E-state index contributed by atoms with van der Waals surface area (Å²) in [5, 5.41) is 3.89. The van der Waals surface area contributed by atoms with Crippen LogP contribution in [-0.2, 0) is 24.3 Å². The number of nitrogen functional groups attached to an aromatic ring is 1. The Hall–Kier alpha value is -2.46. The first kappa shape index (κ1) is 20.8. The predicted molar refractivity (Wildman–Crippen MR) is 99.6 cm³/mol. The number of aromatic nitrogens is 2. The Labute approximate surface area is 172 Å². The molecule has 0 saturated carbocycles. The van der Waals surface area contributed by atoms with Crippen molar-refractivity contribution in [1.82, 2.24) is 30.3 Å². The minimum absolute atomic E-state index is 0.0155. The molecule has 1 aromatic rings. The summed E-state index contributed by atoms with van der Waals surface area (Å²) in [4.78, 5) is 35.4. The van der Waals surface area contributed by atoms with Gasteiger partial charge in [-0.3, -0.25) is 14.2 Å². The Morgan fingerprint density at radius 1 is 1.40 bits per heavy atom. The third kappa shape index (κ3) is 4.34. The van der Waals surface area contributed by atoms with Crippen LogP contribution in [0.5, 0.6) is 0 Å². The van der Waals surface area contributed by atoms with E-state index in [2.05, 4.69) is 20.1 Å². The van der Waals surface area contributed by atoms with Crippen molar-refractivity contribution in [2.24, 2.45) is 0 Å². The van der Waals surface area contributed by atoms with E-state index in [-0.39, 0.29) is 25.2 Å². The molecule has 0 unspecified atom stereocenters. The summed E-state index contributed by atoms with van der Waals surface area (Å²) < 4.78 is 36.9. The maximum Gasteiger partial charge on any atom is 0.418 e. The largest absolute Gasteiger partial charge is 0.418 e. The number of urea groups is 1. The van der Waals surface area contributed by atoms with Gasteiger partial charge in [-0.1, -0.05) is 0 Å². The number of amides is 3. The molecular formula is C15H23N7O7S. The van der Waals surface area contributed by atoms with Gasteiger partial charge >= 0.3 is 16.4 Å². The zero-order valence-electron chi connectivity index (χ0n) is 15.9. The quantitative estimate of drug-likeness (QED) is 0.282. The second kappa shape index (κ2) is 7.99. The first-order valence-electron chi connectivity index (χ1n) is 9.42. The van der Waals surface area contributed by atoms with Crippen LogP contribution in [-0.4, -0.2) is 82.2 Å². The van der Waals surface area contributed by atoms with Crippen molar-refractivity contribution in [2.45, 2.75) is 43.4 Å². The average Bonchev–Trinajstić information content (AvgIpc) is 3.37. The van der Waals surface area contributed by atoms with Gasteiger partial charge in [0.15, 0.2) is 0 Å². The minimum atomic E-state index is -4.83. The molecule has 1 aromatic heterocycles. The lowest BCUT2D eigenvalue weighted by Crippen LogP contribution is -2.50. The highest BCUT2D eigenvalue weighted by Crippen LogP contribution is 2.30. The smallest absolute Gasteiger partial charge is 0.382 e. The molecule has 3 aliphatic rings. The summed E-state index contributed by atoms with van der Waals surface area (Å²) in [6, 6.07) is -1.97. The number of imidazole rings is 1. The van der Waals surface area contributed by atoms with Crippen molar-refractivity contribution in [3.63, 3.8) is 0 Å². The van der Waals surface area contributed by atoms with Crippen LogP contribution in [0.1, 0.15) is 25.3 Å². The zero-order chi connectivity index (χ0) is 21.5. The highest BCUT2D eigenvalue weighted by atomic mass is 32.3. The van der Waals surface area contributed by atoms with E-state index in [1.54, 1.807) is 12.5 Å². The van der Waals surface area contributed by atoms with Crippen molar-refractivity contribution >= 4 is 28.2 Å². The van der Waals surface area contributed by atoms with Crippen molar-refractivity contribution < 1.29 is 31.7 Å². The Morgan fingerprint density at radius 3 is 2.90 bits per heavy atom. The molecule has 3 fully saturated rings. The van der Waals surface area contributed by atoms with Crippen LogP contribution in [0.4, 0.5) is 10.6 Å². The lowest BCUT2D eigenvalue weighted by molar-refractivity contribution is -0.139. The number of anilines is 1. The van der Waals surface area contributed by atoms with Gasteiger partial charge < -0.3 is 20.5 Å². The van der Waals surface area contributed by atoms with Gasteiger partial charge in [-0.25, -0.2) is 15.3 Å². The highest BCUT2D eigenvalue weighted by Gasteiger charge is 2.49. The van der Waals surface area contributed by atoms with E-state index in [0.29, 0.717) is 30.3 Å². The minimum Gasteiger partial charge on any atom is -0.382 e. The molecule has 5 N–H and O–H groups in total. The molecule has 4 atom stereocenters. The normalized spacial score (nSPS) is 28.9. The first-order valence-corrected chi connectivity index (χ1v) is 10.8. The lowest BCUT2D eigenvalue weighted by atomic mass is 10.0. The molecule has 30 heavy (non-hydrogen) atoms. The molecule has 4 rings (SSSR count). The molecule has 3 amide bonds. The van der Waals surface area contributed by atoms with E-state index in [0.717, 1.165) is 6.42 Å². The molecule has 0 spiro atoms. The fourth-order valence-electron chi connectivity index (χ4n) is 4.09. The molecule has 0 radical (unpaired) electrons. The van der Waals surface area contributed by atoms with E-state index in [1.807, 2.05) is 4.57 Å². The maximum absolute atomic E-state index is 12.5. The molecule has 15 heteroatoms. The number of nitrogens with one attached hydrogen (secondary N) is 2. The van der Waals surface area contributed by atoms with E-state index in [4.69, 9.17) is 15.1 Å². The SMILES string of the molecule is Nc1cn([C@@H]2CN[C@H](CONC(=O)[C@@H]3CC[C@@H]4CN3C(=O)N4OS(=O)(=O)O)C2)cn1. The molecule has 166 valence electrons. The number of nitrogens with two attached hydrogens (primary N) is 1. The third-order valence-corrected chi connectivity index (χ3v) is 5.85. The van der Waals surface area contributed by atoms with Crippen LogP contribution >= 0.6 is 0 Å². The van der Waals surface area contributed by atoms with Crippen molar-refractivity contribution in [3.05, 3.63) is 12.5 Å². The summed E-state index contributed by atoms with van der Waals surface area (Å²) in [6.45, 7) is 1.06. The Bertz CT molecular complexity index is 922. The number of piperidine rings is 1. The Morgan fingerprint density at radius 2 is 2.20 bits per heavy atom. The van der Waals surface area contributed by atoms with Crippen molar-refractivity contribution in [1.29, 1.82) is 0 Å². The summed E-state index contributed by atoms with van der Waals surface area (Å²) >= 11 is 0. The second-order valence-electron chi connectivity index (χ2n) is 7.53. The summed E-state index contributed by atoms with van der Waals surface area (Å²) in [7, 11) is -4.83. The predicted octanol–water partition coefficient (Wildman–Crippen LogP) is -1.58. The van der Waals surface area contributed by atoms with Crippen LogP contribution < -0.4 is 16.5 Å². The monoisotopic (exact) mass is 445 g/mol. The molecule has 3 aliphatic heterocycles. The summed E-state index contributed by atoms with van der Waals surface area (Å²) in [5.41, 5.74) is 8.00. The van der Waals surface area contributed by atoms with Gasteiger partial charge in [-0.05, 0) is 19.3 Å². The van der Waals surface area contributed by atoms with Crippen LogP contribution in [0.15, 0.2) is 12.5 Å². The number of hydrogen-bond donors (Lipinski definition) is 4. The lowest BCUT2D eigenvalue weighted by Gasteiger charge is -2.29. The molecule has 3 saturated heterocycles. The zero-order valence-corrected chi connectivity index (χ0v) is 16.7. The molecule has 4 heterocycles. The third-order valence-electron chi connectivity index (χ3n) is 5.50. The van der Waals surface area contributed by atoms with Gasteiger partial charge in [-0.15, -0.1) is 4.28 Å². The number of carbonyl (C=O) groups is 2. The van der Waals surface area contributed by atoms with Gasteiger partial charge in [-0.2, -0.15) is 13.5 Å². The van der Waals surface area contributed by atoms with E-state index < -0.39 is 34.4 Å². The van der Waals surface area contributed by atoms with E-state index in [9.17, 15) is 18.0 Å². The topological polar surface area (TPSA) is 181 Å². The molecule has 0 aliphatic carbocycles. The summed E-state index contributed by atoms with van der Waals surface area (Å²) in [5.74, 6) is -0.0545. The number of hydroxylamine groups is 3. The number of carbonyl (C=O) groups excluding carboxylic acids is 2. The first-order chi connectivity index (χ1) is 14.2. The van der Waals surface area contributed by atoms with Crippen LogP contribution in [0.2, 0.25) is 0 Å². The molecule has 14 nitrogen and oxygen atoms in total. The Balaban J connectivity index is 1.25.